The Morgan fingerprint density at radius 2 is 2.15 bits per heavy atom. The predicted octanol–water partition coefficient (Wildman–Crippen LogP) is -3.23. The second-order valence-electron chi connectivity index (χ2n) is 2.17. The van der Waals surface area contributed by atoms with Crippen molar-refractivity contribution in [1.82, 2.24) is 0 Å². The van der Waals surface area contributed by atoms with Crippen molar-refractivity contribution < 1.29 is 71.1 Å². The van der Waals surface area contributed by atoms with Crippen LogP contribution in [0.5, 0.6) is 11.5 Å². The minimum Gasteiger partial charge on any atom is -0.545 e. The summed E-state index contributed by atoms with van der Waals surface area (Å²) in [5.74, 6) is -1.36. The van der Waals surface area contributed by atoms with Crippen LogP contribution in [0.4, 0.5) is 0 Å². The molecule has 0 aromatic heterocycles. The fraction of sp³-hybridized carbons (Fsp3) is 0.125. The van der Waals surface area contributed by atoms with E-state index in [1.54, 1.807) is 0 Å². The number of hydrogen-bond acceptors (Lipinski definition) is 4. The predicted molar refractivity (Wildman–Crippen MR) is 39.0 cm³/mol. The summed E-state index contributed by atoms with van der Waals surface area (Å²) in [5.41, 5.74) is -0.240. The van der Waals surface area contributed by atoms with Gasteiger partial charge in [0.1, 0.15) is 11.5 Å². The van der Waals surface area contributed by atoms with Crippen molar-refractivity contribution in [3.05, 3.63) is 23.8 Å². The fourth-order valence-corrected chi connectivity index (χ4v) is 0.811. The monoisotopic (exact) mass is 206 g/mol. The minimum atomic E-state index is -1.41. The molecule has 0 bridgehead atoms. The third-order valence-electron chi connectivity index (χ3n) is 1.42. The average molecular weight is 206 g/mol. The van der Waals surface area contributed by atoms with Gasteiger partial charge in [-0.25, -0.2) is 0 Å². The Bertz CT molecular complexity index is 311. The third-order valence-corrected chi connectivity index (χ3v) is 1.42. The van der Waals surface area contributed by atoms with Crippen LogP contribution in [0.3, 0.4) is 0 Å². The first-order chi connectivity index (χ1) is 5.65. The molecule has 64 valence electrons. The van der Waals surface area contributed by atoms with E-state index in [9.17, 15) is 9.90 Å². The number of carboxylic acids is 1. The Balaban J connectivity index is 0.00000144. The maximum atomic E-state index is 10.3. The molecule has 0 radical (unpaired) electrons. The Labute approximate surface area is 118 Å². The normalized spacial score (nSPS) is 8.69. The SMILES string of the molecule is COc1ccc(C(=O)[O-])c(O)c1.[K+]. The summed E-state index contributed by atoms with van der Waals surface area (Å²) in [5, 5.41) is 19.4. The number of rotatable bonds is 2. The zero-order chi connectivity index (χ0) is 9.14. The minimum absolute atomic E-state index is 0. The van der Waals surface area contributed by atoms with Gasteiger partial charge >= 0.3 is 51.4 Å². The van der Waals surface area contributed by atoms with Crippen LogP contribution in [-0.2, 0) is 0 Å². The van der Waals surface area contributed by atoms with E-state index in [0.717, 1.165) is 0 Å². The summed E-state index contributed by atoms with van der Waals surface area (Å²) >= 11 is 0. The van der Waals surface area contributed by atoms with Crippen LogP contribution in [0.15, 0.2) is 18.2 Å². The van der Waals surface area contributed by atoms with Gasteiger partial charge < -0.3 is 19.7 Å². The molecule has 0 aliphatic rings. The van der Waals surface area contributed by atoms with Crippen LogP contribution < -0.4 is 61.2 Å². The van der Waals surface area contributed by atoms with Crippen molar-refractivity contribution in [1.29, 1.82) is 0 Å². The van der Waals surface area contributed by atoms with Gasteiger partial charge in [0.2, 0.25) is 0 Å². The van der Waals surface area contributed by atoms with E-state index in [0.29, 0.717) is 5.75 Å². The summed E-state index contributed by atoms with van der Waals surface area (Å²) in [4.78, 5) is 10.3. The van der Waals surface area contributed by atoms with Gasteiger partial charge in [-0.3, -0.25) is 0 Å². The molecule has 0 fully saturated rings. The van der Waals surface area contributed by atoms with Gasteiger partial charge in [0.05, 0.1) is 13.1 Å². The van der Waals surface area contributed by atoms with Gasteiger partial charge in [0.25, 0.3) is 0 Å². The molecule has 1 rings (SSSR count). The molecule has 0 aliphatic heterocycles. The number of carboxylic acid groups (broad SMARTS) is 1. The van der Waals surface area contributed by atoms with Gasteiger partial charge in [-0.2, -0.15) is 0 Å². The molecule has 1 N–H and O–H groups in total. The molecule has 4 nitrogen and oxygen atoms in total. The van der Waals surface area contributed by atoms with E-state index in [-0.39, 0.29) is 62.7 Å². The first-order valence-corrected chi connectivity index (χ1v) is 3.23. The summed E-state index contributed by atoms with van der Waals surface area (Å²) < 4.78 is 4.76. The number of phenols is 1. The standard InChI is InChI=1S/C8H8O4.K/c1-12-5-2-3-6(8(10)11)7(9)4-5;/h2-4,9H,1H3,(H,10,11);/q;+1/p-1. The summed E-state index contributed by atoms with van der Waals surface area (Å²) in [6.45, 7) is 0. The molecule has 0 unspecified atom stereocenters. The van der Waals surface area contributed by atoms with Crippen molar-refractivity contribution in [3.8, 4) is 11.5 Å². The molecule has 0 saturated heterocycles. The Kier molecular flexibility index (Phi) is 5.58. The zero-order valence-electron chi connectivity index (χ0n) is 7.40. The Morgan fingerprint density at radius 3 is 2.54 bits per heavy atom. The van der Waals surface area contributed by atoms with E-state index in [1.165, 1.54) is 25.3 Å². The van der Waals surface area contributed by atoms with Crippen LogP contribution in [0.1, 0.15) is 10.4 Å². The number of hydrogen-bond donors (Lipinski definition) is 1. The van der Waals surface area contributed by atoms with Gasteiger partial charge in [-0.15, -0.1) is 0 Å². The molecule has 1 aromatic carbocycles. The van der Waals surface area contributed by atoms with Crippen molar-refractivity contribution in [2.45, 2.75) is 0 Å². The number of ether oxygens (including phenoxy) is 1. The molecule has 1 aromatic rings. The molecule has 0 spiro atoms. The summed E-state index contributed by atoms with van der Waals surface area (Å²) in [6, 6.07) is 3.87. The van der Waals surface area contributed by atoms with Crippen LogP contribution in [0.2, 0.25) is 0 Å². The Morgan fingerprint density at radius 1 is 1.54 bits per heavy atom. The molecule has 0 saturated carbocycles. The van der Waals surface area contributed by atoms with E-state index in [1.807, 2.05) is 0 Å². The number of benzene rings is 1. The first kappa shape index (κ1) is 12.9. The number of aromatic carboxylic acids is 1. The van der Waals surface area contributed by atoms with E-state index in [2.05, 4.69) is 0 Å². The topological polar surface area (TPSA) is 69.6 Å². The quantitative estimate of drug-likeness (QED) is 0.517. The van der Waals surface area contributed by atoms with Crippen LogP contribution >= 0.6 is 0 Å². The van der Waals surface area contributed by atoms with Crippen molar-refractivity contribution in [2.75, 3.05) is 7.11 Å². The maximum absolute atomic E-state index is 10.3. The Hall–Kier alpha value is -0.0736. The van der Waals surface area contributed by atoms with Crippen molar-refractivity contribution in [3.63, 3.8) is 0 Å². The molecule has 0 atom stereocenters. The first-order valence-electron chi connectivity index (χ1n) is 3.23. The number of carbonyl (C=O) groups excluding carboxylic acids is 1. The van der Waals surface area contributed by atoms with Gasteiger partial charge in [-0.05, 0) is 12.1 Å². The third kappa shape index (κ3) is 3.28. The number of carbonyl (C=O) groups is 1. The number of methoxy groups -OCH3 is 1. The van der Waals surface area contributed by atoms with Crippen molar-refractivity contribution >= 4 is 5.97 Å². The molecular weight excluding hydrogens is 199 g/mol. The van der Waals surface area contributed by atoms with Crippen LogP contribution in [-0.4, -0.2) is 18.2 Å². The summed E-state index contributed by atoms with van der Waals surface area (Å²) in [7, 11) is 1.42. The van der Waals surface area contributed by atoms with E-state index >= 15 is 0 Å². The molecule has 0 amide bonds. The van der Waals surface area contributed by atoms with E-state index in [4.69, 9.17) is 9.84 Å². The molecule has 13 heavy (non-hydrogen) atoms. The molecule has 0 aliphatic carbocycles. The second kappa shape index (κ2) is 5.61. The maximum Gasteiger partial charge on any atom is 1.00 e. The second-order valence-corrected chi connectivity index (χ2v) is 2.17. The average Bonchev–Trinajstić information content (AvgIpc) is 2.03. The largest absolute Gasteiger partial charge is 1.00 e. The van der Waals surface area contributed by atoms with Crippen molar-refractivity contribution in [2.24, 2.45) is 0 Å². The summed E-state index contributed by atoms with van der Waals surface area (Å²) in [6.07, 6.45) is 0. The van der Waals surface area contributed by atoms with E-state index < -0.39 is 5.97 Å². The van der Waals surface area contributed by atoms with Crippen LogP contribution in [0, 0.1) is 0 Å². The molecule has 0 heterocycles. The fourth-order valence-electron chi connectivity index (χ4n) is 0.811. The van der Waals surface area contributed by atoms with Crippen LogP contribution in [0.25, 0.3) is 0 Å². The molecular formula is C8H7KO4. The zero-order valence-corrected chi connectivity index (χ0v) is 10.5. The van der Waals surface area contributed by atoms with Gasteiger partial charge in [-0.1, -0.05) is 0 Å². The smallest absolute Gasteiger partial charge is 0.545 e. The molecule has 5 heteroatoms. The van der Waals surface area contributed by atoms with Gasteiger partial charge in [0, 0.05) is 11.6 Å². The van der Waals surface area contributed by atoms with Gasteiger partial charge in [0.15, 0.2) is 0 Å². The number of aromatic hydroxyl groups is 1.